The van der Waals surface area contributed by atoms with Crippen LogP contribution in [-0.2, 0) is 10.0 Å². The molecule has 0 aliphatic carbocycles. The zero-order chi connectivity index (χ0) is 31.2. The van der Waals surface area contributed by atoms with Crippen LogP contribution in [0.4, 0.5) is 11.5 Å². The number of rotatable bonds is 14. The summed E-state index contributed by atoms with van der Waals surface area (Å²) in [4.78, 5) is 30.1. The van der Waals surface area contributed by atoms with Gasteiger partial charge in [0.2, 0.25) is 10.0 Å². The predicted molar refractivity (Wildman–Crippen MR) is 168 cm³/mol. The Morgan fingerprint density at radius 3 is 2.10 bits per heavy atom. The Morgan fingerprint density at radius 2 is 1.55 bits per heavy atom. The van der Waals surface area contributed by atoms with Gasteiger partial charge in [0.15, 0.2) is 0 Å². The molecule has 2 N–H and O–H groups in total. The second-order valence-corrected chi connectivity index (χ2v) is 14.1. The number of benzene rings is 1. The topological polar surface area (TPSA) is 126 Å². The highest BCUT2D eigenvalue weighted by molar-refractivity contribution is 7.92. The van der Waals surface area contributed by atoms with Crippen molar-refractivity contribution >= 4 is 21.5 Å². The van der Waals surface area contributed by atoms with E-state index in [4.69, 9.17) is 4.74 Å². The van der Waals surface area contributed by atoms with Gasteiger partial charge in [-0.2, -0.15) is 0 Å². The fraction of sp³-hybridized carbons (Fsp3) is 0.667. The SMILES string of the molecule is CCCCCS(=O)(=O)Nc1ccc(OC(C)(C)C(O)CN2CCN(c3cc(=O)n(C(C)C)c(=O)n3C(C)C)CC2)cc1. The number of ether oxygens (including phenoxy) is 1. The van der Waals surface area contributed by atoms with Gasteiger partial charge < -0.3 is 14.7 Å². The number of aromatic nitrogens is 2. The number of unbranched alkanes of at least 4 members (excludes halogenated alkanes) is 2. The number of piperazine rings is 1. The molecule has 1 aromatic heterocycles. The standard InChI is InChI=1S/C30H49N5O6S/c1-8-9-10-19-42(39,40)31-24-11-13-25(14-12-24)41-30(6,7)26(36)21-32-15-17-33(18-16-32)27-20-28(37)35(23(4)5)29(38)34(27)22(2)3/h11-14,20,22-23,26,31,36H,8-10,15-19,21H2,1-7H3. The number of anilines is 2. The summed E-state index contributed by atoms with van der Waals surface area (Å²) < 4.78 is 36.2. The molecule has 1 aromatic carbocycles. The third-order valence-electron chi connectivity index (χ3n) is 7.64. The molecular formula is C30H49N5O6S. The van der Waals surface area contributed by atoms with E-state index in [1.165, 1.54) is 4.57 Å². The van der Waals surface area contributed by atoms with Crippen LogP contribution >= 0.6 is 0 Å². The first-order chi connectivity index (χ1) is 19.6. The maximum atomic E-state index is 13.1. The summed E-state index contributed by atoms with van der Waals surface area (Å²) >= 11 is 0. The Labute approximate surface area is 250 Å². The van der Waals surface area contributed by atoms with E-state index >= 15 is 0 Å². The highest BCUT2D eigenvalue weighted by Crippen LogP contribution is 2.25. The van der Waals surface area contributed by atoms with Gasteiger partial charge in [0.25, 0.3) is 5.56 Å². The molecule has 0 radical (unpaired) electrons. The molecule has 236 valence electrons. The Kier molecular flexibility index (Phi) is 11.3. The normalized spacial score (nSPS) is 15.8. The van der Waals surface area contributed by atoms with Gasteiger partial charge in [0.1, 0.15) is 23.3 Å². The summed E-state index contributed by atoms with van der Waals surface area (Å²) in [6.45, 7) is 16.1. The van der Waals surface area contributed by atoms with Crippen molar-refractivity contribution in [1.29, 1.82) is 0 Å². The summed E-state index contributed by atoms with van der Waals surface area (Å²) in [5, 5.41) is 11.1. The predicted octanol–water partition coefficient (Wildman–Crippen LogP) is 3.44. The van der Waals surface area contributed by atoms with E-state index in [0.717, 1.165) is 12.8 Å². The van der Waals surface area contributed by atoms with Crippen LogP contribution in [0.25, 0.3) is 0 Å². The van der Waals surface area contributed by atoms with Crippen molar-refractivity contribution in [3.8, 4) is 5.75 Å². The lowest BCUT2D eigenvalue weighted by molar-refractivity contribution is -0.0449. The van der Waals surface area contributed by atoms with Crippen molar-refractivity contribution in [3.63, 3.8) is 0 Å². The smallest absolute Gasteiger partial charge is 0.333 e. The third kappa shape index (κ3) is 8.61. The summed E-state index contributed by atoms with van der Waals surface area (Å²) in [7, 11) is -3.40. The highest BCUT2D eigenvalue weighted by atomic mass is 32.2. The van der Waals surface area contributed by atoms with Crippen LogP contribution in [0.5, 0.6) is 5.75 Å². The van der Waals surface area contributed by atoms with Crippen molar-refractivity contribution in [2.75, 3.05) is 48.1 Å². The molecule has 1 aliphatic heterocycles. The van der Waals surface area contributed by atoms with Crippen LogP contribution < -0.4 is 25.6 Å². The summed E-state index contributed by atoms with van der Waals surface area (Å²) in [6.07, 6.45) is 1.65. The average Bonchev–Trinajstić information content (AvgIpc) is 2.89. The van der Waals surface area contributed by atoms with Crippen molar-refractivity contribution in [2.24, 2.45) is 0 Å². The van der Waals surface area contributed by atoms with E-state index in [1.807, 2.05) is 48.5 Å². The average molecular weight is 608 g/mol. The molecule has 3 rings (SSSR count). The fourth-order valence-corrected chi connectivity index (χ4v) is 6.30. The van der Waals surface area contributed by atoms with Crippen molar-refractivity contribution in [1.82, 2.24) is 14.0 Å². The first-order valence-electron chi connectivity index (χ1n) is 15.0. The maximum Gasteiger partial charge on any atom is 0.333 e. The summed E-state index contributed by atoms with van der Waals surface area (Å²) in [6, 6.07) is 7.94. The number of nitrogens with one attached hydrogen (secondary N) is 1. The van der Waals surface area contributed by atoms with Gasteiger partial charge in [-0.15, -0.1) is 0 Å². The monoisotopic (exact) mass is 607 g/mol. The lowest BCUT2D eigenvalue weighted by atomic mass is 10.0. The fourth-order valence-electron chi connectivity index (χ4n) is 5.12. The number of hydrogen-bond acceptors (Lipinski definition) is 8. The summed E-state index contributed by atoms with van der Waals surface area (Å²) in [5.41, 5.74) is -1.02. The minimum absolute atomic E-state index is 0.0904. The minimum atomic E-state index is -3.40. The largest absolute Gasteiger partial charge is 0.485 e. The van der Waals surface area contributed by atoms with Gasteiger partial charge in [0, 0.05) is 56.6 Å². The van der Waals surface area contributed by atoms with E-state index in [0.29, 0.717) is 56.4 Å². The van der Waals surface area contributed by atoms with Crippen LogP contribution in [0.3, 0.4) is 0 Å². The van der Waals surface area contributed by atoms with Crippen LogP contribution in [0.1, 0.15) is 79.8 Å². The van der Waals surface area contributed by atoms with Gasteiger partial charge in [-0.05, 0) is 72.2 Å². The molecule has 2 heterocycles. The number of nitrogens with zero attached hydrogens (tertiary/aromatic N) is 4. The quantitative estimate of drug-likeness (QED) is 0.313. The molecule has 0 amide bonds. The Balaban J connectivity index is 1.59. The van der Waals surface area contributed by atoms with Crippen molar-refractivity contribution < 1.29 is 18.3 Å². The second-order valence-electron chi connectivity index (χ2n) is 12.2. The molecule has 0 bridgehead atoms. The van der Waals surface area contributed by atoms with Crippen LogP contribution in [0.15, 0.2) is 39.9 Å². The second kappa shape index (κ2) is 14.1. The van der Waals surface area contributed by atoms with Gasteiger partial charge in [-0.3, -0.25) is 23.6 Å². The van der Waals surface area contributed by atoms with Crippen LogP contribution in [-0.4, -0.2) is 77.7 Å². The van der Waals surface area contributed by atoms with Crippen molar-refractivity contribution in [3.05, 3.63) is 51.2 Å². The lowest BCUT2D eigenvalue weighted by Gasteiger charge is -2.40. The molecule has 1 unspecified atom stereocenters. The summed E-state index contributed by atoms with van der Waals surface area (Å²) in [5.74, 6) is 1.25. The van der Waals surface area contributed by atoms with Gasteiger partial charge in [0.05, 0.1) is 5.75 Å². The molecule has 1 aliphatic rings. The molecule has 0 saturated carbocycles. The van der Waals surface area contributed by atoms with E-state index in [1.54, 1.807) is 34.9 Å². The molecule has 1 saturated heterocycles. The molecule has 11 nitrogen and oxygen atoms in total. The minimum Gasteiger partial charge on any atom is -0.485 e. The first kappa shape index (κ1) is 33.7. The number of β-amino-alcohol motifs (C(OH)–C–C–N with tert-alkyl or cyclic N) is 1. The van der Waals surface area contributed by atoms with Gasteiger partial charge in [-0.25, -0.2) is 13.2 Å². The van der Waals surface area contributed by atoms with Gasteiger partial charge >= 0.3 is 5.69 Å². The van der Waals surface area contributed by atoms with E-state index < -0.39 is 21.7 Å². The zero-order valence-electron chi connectivity index (χ0n) is 26.2. The van der Waals surface area contributed by atoms with Crippen LogP contribution in [0, 0.1) is 0 Å². The zero-order valence-corrected chi connectivity index (χ0v) is 27.0. The van der Waals surface area contributed by atoms with E-state index in [-0.39, 0.29) is 29.1 Å². The molecular weight excluding hydrogens is 558 g/mol. The number of sulfonamides is 1. The molecule has 1 fully saturated rings. The molecule has 2 aromatic rings. The molecule has 0 spiro atoms. The Bertz CT molecular complexity index is 1390. The van der Waals surface area contributed by atoms with E-state index in [9.17, 15) is 23.1 Å². The third-order valence-corrected chi connectivity index (χ3v) is 9.01. The lowest BCUT2D eigenvalue weighted by Crippen LogP contribution is -2.54. The maximum absolute atomic E-state index is 13.1. The first-order valence-corrected chi connectivity index (χ1v) is 16.6. The molecule has 1 atom stereocenters. The number of hydrogen-bond donors (Lipinski definition) is 2. The van der Waals surface area contributed by atoms with Crippen LogP contribution in [0.2, 0.25) is 0 Å². The Hall–Kier alpha value is -2.83. The van der Waals surface area contributed by atoms with Crippen molar-refractivity contribution in [2.45, 2.75) is 91.5 Å². The van der Waals surface area contributed by atoms with E-state index in [2.05, 4.69) is 14.5 Å². The highest BCUT2D eigenvalue weighted by Gasteiger charge is 2.33. The van der Waals surface area contributed by atoms with Gasteiger partial charge in [-0.1, -0.05) is 19.8 Å². The number of aliphatic hydroxyl groups excluding tert-OH is 1. The number of aliphatic hydroxyl groups is 1. The molecule has 42 heavy (non-hydrogen) atoms. The molecule has 12 heteroatoms. The Morgan fingerprint density at radius 1 is 0.952 bits per heavy atom.